The lowest BCUT2D eigenvalue weighted by Crippen LogP contribution is -2.38. The van der Waals surface area contributed by atoms with Crippen LogP contribution in [0.2, 0.25) is 5.02 Å². The number of carbonyl (C=O) groups excluding carboxylic acids is 1. The summed E-state index contributed by atoms with van der Waals surface area (Å²) in [5.74, 6) is -1.65. The molecule has 86 valence electrons. The van der Waals surface area contributed by atoms with Crippen LogP contribution in [0, 0.1) is 0 Å². The second kappa shape index (κ2) is 4.96. The van der Waals surface area contributed by atoms with Gasteiger partial charge in [0.1, 0.15) is 5.75 Å². The number of carboxylic acids is 1. The van der Waals surface area contributed by atoms with Crippen molar-refractivity contribution in [1.29, 1.82) is 0 Å². The molecule has 0 aliphatic rings. The molecule has 1 rings (SSSR count). The Bertz CT molecular complexity index is 433. The standard InChI is InChI=1S/C10H10ClNO4/c1-16-5-2-3-6(7(11)4-5)9(13)8(12)10(14)15/h2-4,8H,12H2,1H3,(H,14,15). The summed E-state index contributed by atoms with van der Waals surface area (Å²) in [7, 11) is 1.45. The van der Waals surface area contributed by atoms with Crippen molar-refractivity contribution in [1.82, 2.24) is 0 Å². The normalized spacial score (nSPS) is 11.9. The van der Waals surface area contributed by atoms with E-state index in [2.05, 4.69) is 0 Å². The van der Waals surface area contributed by atoms with E-state index in [1.54, 1.807) is 0 Å². The van der Waals surface area contributed by atoms with Crippen molar-refractivity contribution < 1.29 is 19.4 Å². The van der Waals surface area contributed by atoms with Crippen LogP contribution >= 0.6 is 11.6 Å². The third-order valence-corrected chi connectivity index (χ3v) is 2.30. The van der Waals surface area contributed by atoms with Crippen LogP contribution < -0.4 is 10.5 Å². The lowest BCUT2D eigenvalue weighted by atomic mass is 10.0. The Morgan fingerprint density at radius 3 is 2.56 bits per heavy atom. The van der Waals surface area contributed by atoms with E-state index < -0.39 is 17.8 Å². The summed E-state index contributed by atoms with van der Waals surface area (Å²) >= 11 is 5.80. The van der Waals surface area contributed by atoms with Crippen LogP contribution in [-0.4, -0.2) is 30.0 Å². The van der Waals surface area contributed by atoms with E-state index in [0.29, 0.717) is 5.75 Å². The fourth-order valence-electron chi connectivity index (χ4n) is 1.10. The number of methoxy groups -OCH3 is 1. The van der Waals surface area contributed by atoms with E-state index in [4.69, 9.17) is 27.2 Å². The monoisotopic (exact) mass is 243 g/mol. The molecule has 6 heteroatoms. The molecule has 5 nitrogen and oxygen atoms in total. The van der Waals surface area contributed by atoms with E-state index >= 15 is 0 Å². The summed E-state index contributed by atoms with van der Waals surface area (Å²) in [5.41, 5.74) is 5.26. The van der Waals surface area contributed by atoms with Gasteiger partial charge in [0.05, 0.1) is 12.1 Å². The number of rotatable bonds is 4. The first-order valence-corrected chi connectivity index (χ1v) is 4.71. The van der Waals surface area contributed by atoms with E-state index in [9.17, 15) is 9.59 Å². The van der Waals surface area contributed by atoms with Gasteiger partial charge < -0.3 is 15.6 Å². The largest absolute Gasteiger partial charge is 0.497 e. The Morgan fingerprint density at radius 1 is 1.50 bits per heavy atom. The molecule has 1 unspecified atom stereocenters. The van der Waals surface area contributed by atoms with Gasteiger partial charge in [-0.25, -0.2) is 0 Å². The third kappa shape index (κ3) is 2.50. The number of carboxylic acid groups (broad SMARTS) is 1. The number of aliphatic carboxylic acids is 1. The number of hydrogen-bond donors (Lipinski definition) is 2. The Hall–Kier alpha value is -1.59. The second-order valence-corrected chi connectivity index (χ2v) is 3.43. The average molecular weight is 244 g/mol. The number of carbonyl (C=O) groups is 2. The molecular formula is C10H10ClNO4. The van der Waals surface area contributed by atoms with Gasteiger partial charge in [-0.3, -0.25) is 9.59 Å². The lowest BCUT2D eigenvalue weighted by molar-refractivity contribution is -0.137. The summed E-state index contributed by atoms with van der Waals surface area (Å²) in [4.78, 5) is 22.1. The van der Waals surface area contributed by atoms with Gasteiger partial charge in [-0.05, 0) is 18.2 Å². The highest BCUT2D eigenvalue weighted by Gasteiger charge is 2.24. The number of benzene rings is 1. The Labute approximate surface area is 96.8 Å². The number of hydrogen-bond acceptors (Lipinski definition) is 4. The molecule has 0 saturated heterocycles. The zero-order valence-corrected chi connectivity index (χ0v) is 9.19. The Balaban J connectivity index is 3.05. The number of nitrogens with two attached hydrogens (primary N) is 1. The molecule has 16 heavy (non-hydrogen) atoms. The van der Waals surface area contributed by atoms with Crippen molar-refractivity contribution in [3.63, 3.8) is 0 Å². The number of ether oxygens (including phenoxy) is 1. The van der Waals surface area contributed by atoms with Crippen molar-refractivity contribution in [2.24, 2.45) is 5.73 Å². The summed E-state index contributed by atoms with van der Waals surface area (Å²) in [6.45, 7) is 0. The smallest absolute Gasteiger partial charge is 0.328 e. The number of ketones is 1. The molecule has 0 spiro atoms. The molecule has 0 radical (unpaired) electrons. The van der Waals surface area contributed by atoms with E-state index in [1.807, 2.05) is 0 Å². The van der Waals surface area contributed by atoms with Crippen LogP contribution in [-0.2, 0) is 4.79 Å². The summed E-state index contributed by atoms with van der Waals surface area (Å²) in [5, 5.41) is 8.70. The average Bonchev–Trinajstić information content (AvgIpc) is 2.26. The maximum atomic E-state index is 11.6. The maximum Gasteiger partial charge on any atom is 0.328 e. The van der Waals surface area contributed by atoms with Gasteiger partial charge in [0, 0.05) is 5.56 Å². The summed E-state index contributed by atoms with van der Waals surface area (Å²) in [6, 6.07) is 2.70. The molecule has 1 aromatic rings. The minimum absolute atomic E-state index is 0.0670. The third-order valence-electron chi connectivity index (χ3n) is 1.99. The fourth-order valence-corrected chi connectivity index (χ4v) is 1.37. The van der Waals surface area contributed by atoms with Gasteiger partial charge in [-0.2, -0.15) is 0 Å². The number of Topliss-reactive ketones (excluding diaryl/α,β-unsaturated/α-hetero) is 1. The highest BCUT2D eigenvalue weighted by atomic mass is 35.5. The second-order valence-electron chi connectivity index (χ2n) is 3.03. The molecule has 1 aromatic carbocycles. The van der Waals surface area contributed by atoms with E-state index in [1.165, 1.54) is 25.3 Å². The Morgan fingerprint density at radius 2 is 2.12 bits per heavy atom. The van der Waals surface area contributed by atoms with Gasteiger partial charge in [0.2, 0.25) is 0 Å². The van der Waals surface area contributed by atoms with Crippen LogP contribution in [0.4, 0.5) is 0 Å². The van der Waals surface area contributed by atoms with E-state index in [0.717, 1.165) is 0 Å². The summed E-state index contributed by atoms with van der Waals surface area (Å²) < 4.78 is 4.89. The van der Waals surface area contributed by atoms with Crippen LogP contribution in [0.3, 0.4) is 0 Å². The zero-order valence-electron chi connectivity index (χ0n) is 8.44. The molecule has 0 aromatic heterocycles. The van der Waals surface area contributed by atoms with Gasteiger partial charge in [0.25, 0.3) is 0 Å². The SMILES string of the molecule is COc1ccc(C(=O)C(N)C(=O)O)c(Cl)c1. The zero-order chi connectivity index (χ0) is 12.3. The highest BCUT2D eigenvalue weighted by molar-refractivity contribution is 6.35. The molecule has 0 amide bonds. The number of halogens is 1. The van der Waals surface area contributed by atoms with Crippen molar-refractivity contribution in [2.75, 3.05) is 7.11 Å². The molecule has 0 aliphatic heterocycles. The quantitative estimate of drug-likeness (QED) is 0.607. The lowest BCUT2D eigenvalue weighted by Gasteiger charge is -2.08. The molecule has 0 saturated carbocycles. The first-order chi connectivity index (χ1) is 7.47. The van der Waals surface area contributed by atoms with Crippen LogP contribution in [0.25, 0.3) is 0 Å². The van der Waals surface area contributed by atoms with Crippen LogP contribution in [0.15, 0.2) is 18.2 Å². The van der Waals surface area contributed by atoms with Crippen LogP contribution in [0.5, 0.6) is 5.75 Å². The minimum Gasteiger partial charge on any atom is -0.497 e. The predicted octanol–water partition coefficient (Wildman–Crippen LogP) is 0.943. The van der Waals surface area contributed by atoms with Crippen molar-refractivity contribution in [3.8, 4) is 5.75 Å². The van der Waals surface area contributed by atoms with Gasteiger partial charge in [0.15, 0.2) is 11.8 Å². The predicted molar refractivity (Wildman–Crippen MR) is 57.9 cm³/mol. The topological polar surface area (TPSA) is 89.6 Å². The fraction of sp³-hybridized carbons (Fsp3) is 0.200. The van der Waals surface area contributed by atoms with Crippen molar-refractivity contribution in [3.05, 3.63) is 28.8 Å². The molecule has 0 heterocycles. The van der Waals surface area contributed by atoms with E-state index in [-0.39, 0.29) is 10.6 Å². The van der Waals surface area contributed by atoms with Crippen LogP contribution in [0.1, 0.15) is 10.4 Å². The van der Waals surface area contributed by atoms with Crippen molar-refractivity contribution in [2.45, 2.75) is 6.04 Å². The van der Waals surface area contributed by atoms with Gasteiger partial charge >= 0.3 is 5.97 Å². The summed E-state index contributed by atoms with van der Waals surface area (Å²) in [6.07, 6.45) is 0. The first-order valence-electron chi connectivity index (χ1n) is 4.33. The molecule has 0 bridgehead atoms. The van der Waals surface area contributed by atoms with Gasteiger partial charge in [-0.15, -0.1) is 0 Å². The molecule has 1 atom stereocenters. The highest BCUT2D eigenvalue weighted by Crippen LogP contribution is 2.23. The molecule has 0 aliphatic carbocycles. The first kappa shape index (κ1) is 12.5. The Kier molecular flexibility index (Phi) is 3.87. The maximum absolute atomic E-state index is 11.6. The van der Waals surface area contributed by atoms with Crippen molar-refractivity contribution >= 4 is 23.4 Å². The van der Waals surface area contributed by atoms with Gasteiger partial charge in [-0.1, -0.05) is 11.6 Å². The molecule has 0 fully saturated rings. The molecule has 3 N–H and O–H groups in total. The molecular weight excluding hydrogens is 234 g/mol. The minimum atomic E-state index is -1.61.